The lowest BCUT2D eigenvalue weighted by Gasteiger charge is -2.29. The predicted octanol–water partition coefficient (Wildman–Crippen LogP) is 5.70. The van der Waals surface area contributed by atoms with Crippen molar-refractivity contribution in [1.82, 2.24) is 9.97 Å². The first-order chi connectivity index (χ1) is 18.1. The number of anilines is 2. The molecule has 8 heteroatoms. The molecule has 0 fully saturated rings. The van der Waals surface area contributed by atoms with Gasteiger partial charge in [-0.2, -0.15) is 0 Å². The second-order valence-electron chi connectivity index (χ2n) is 8.66. The molecular weight excluding hydrogens is 484 g/mol. The molecule has 182 valence electrons. The first-order valence-electron chi connectivity index (χ1n) is 11.8. The average molecular weight is 507 g/mol. The minimum absolute atomic E-state index is 0.118. The van der Waals surface area contributed by atoms with E-state index in [2.05, 4.69) is 10.3 Å². The van der Waals surface area contributed by atoms with Gasteiger partial charge in [-0.3, -0.25) is 19.5 Å². The van der Waals surface area contributed by atoms with Gasteiger partial charge in [-0.15, -0.1) is 11.3 Å². The molecule has 1 aliphatic heterocycles. The van der Waals surface area contributed by atoms with Crippen LogP contribution < -0.4 is 15.0 Å². The van der Waals surface area contributed by atoms with Crippen LogP contribution in [0.2, 0.25) is 0 Å². The molecular formula is C29H22N4O3S. The lowest BCUT2D eigenvalue weighted by atomic mass is 10.1. The van der Waals surface area contributed by atoms with Crippen LogP contribution in [0, 0.1) is 6.92 Å². The Morgan fingerprint density at radius 1 is 1.05 bits per heavy atom. The highest BCUT2D eigenvalue weighted by molar-refractivity contribution is 7.15. The molecule has 5 aromatic rings. The Hall–Kier alpha value is -4.56. The Labute approximate surface area is 217 Å². The van der Waals surface area contributed by atoms with Gasteiger partial charge < -0.3 is 10.1 Å². The number of carbonyl (C=O) groups is 2. The zero-order valence-corrected chi connectivity index (χ0v) is 20.8. The van der Waals surface area contributed by atoms with Gasteiger partial charge in [0.25, 0.3) is 5.91 Å². The van der Waals surface area contributed by atoms with Gasteiger partial charge >= 0.3 is 0 Å². The third-order valence-electron chi connectivity index (χ3n) is 6.22. The SMILES string of the molecule is Cc1sc(-c2ccccn2)nc1-c1ccc2c(c1)N(CC(=O)Nc1cccc3ccccc13)C(=O)CO2. The number of rotatable bonds is 5. The summed E-state index contributed by atoms with van der Waals surface area (Å²) in [4.78, 5) is 37.7. The quantitative estimate of drug-likeness (QED) is 0.331. The highest BCUT2D eigenvalue weighted by Crippen LogP contribution is 2.39. The highest BCUT2D eigenvalue weighted by Gasteiger charge is 2.28. The van der Waals surface area contributed by atoms with E-state index in [4.69, 9.17) is 9.72 Å². The number of aromatic nitrogens is 2. The molecule has 37 heavy (non-hydrogen) atoms. The maximum Gasteiger partial charge on any atom is 0.265 e. The molecule has 3 aromatic carbocycles. The number of hydrogen-bond acceptors (Lipinski definition) is 6. The second-order valence-corrected chi connectivity index (χ2v) is 9.87. The summed E-state index contributed by atoms with van der Waals surface area (Å²) in [5, 5.41) is 5.76. The van der Waals surface area contributed by atoms with Gasteiger partial charge in [0.15, 0.2) is 6.61 Å². The van der Waals surface area contributed by atoms with Crippen molar-refractivity contribution in [2.24, 2.45) is 0 Å². The van der Waals surface area contributed by atoms with Gasteiger partial charge in [0.1, 0.15) is 17.3 Å². The number of benzene rings is 3. The Balaban J connectivity index is 1.29. The molecule has 7 nitrogen and oxygen atoms in total. The Kier molecular flexibility index (Phi) is 5.86. The minimum atomic E-state index is -0.287. The largest absolute Gasteiger partial charge is 0.482 e. The molecule has 2 aromatic heterocycles. The molecule has 0 spiro atoms. The Morgan fingerprint density at radius 2 is 1.89 bits per heavy atom. The maximum atomic E-state index is 13.1. The van der Waals surface area contributed by atoms with Crippen LogP contribution in [0.15, 0.2) is 85.1 Å². The van der Waals surface area contributed by atoms with Crippen LogP contribution >= 0.6 is 11.3 Å². The number of carbonyl (C=O) groups excluding carboxylic acids is 2. The summed E-state index contributed by atoms with van der Waals surface area (Å²) in [5.41, 5.74) is 3.72. The van der Waals surface area contributed by atoms with Crippen molar-refractivity contribution in [2.75, 3.05) is 23.4 Å². The smallest absolute Gasteiger partial charge is 0.265 e. The molecule has 2 amide bonds. The minimum Gasteiger partial charge on any atom is -0.482 e. The third kappa shape index (κ3) is 4.43. The van der Waals surface area contributed by atoms with Crippen LogP contribution in [-0.2, 0) is 9.59 Å². The number of nitrogens with zero attached hydrogens (tertiary/aromatic N) is 3. The summed E-state index contributed by atoms with van der Waals surface area (Å²) in [6, 6.07) is 24.9. The summed E-state index contributed by atoms with van der Waals surface area (Å²) in [7, 11) is 0. The summed E-state index contributed by atoms with van der Waals surface area (Å²) in [6.07, 6.45) is 1.74. The molecule has 1 N–H and O–H groups in total. The van der Waals surface area contributed by atoms with E-state index in [0.717, 1.165) is 37.6 Å². The number of aryl methyl sites for hydroxylation is 1. The lowest BCUT2D eigenvalue weighted by molar-refractivity contribution is -0.123. The predicted molar refractivity (Wildman–Crippen MR) is 146 cm³/mol. The molecule has 0 aliphatic carbocycles. The van der Waals surface area contributed by atoms with E-state index in [9.17, 15) is 9.59 Å². The molecule has 0 radical (unpaired) electrons. The lowest BCUT2D eigenvalue weighted by Crippen LogP contribution is -2.43. The van der Waals surface area contributed by atoms with E-state index >= 15 is 0 Å². The molecule has 0 saturated heterocycles. The summed E-state index contributed by atoms with van der Waals surface area (Å²) in [5.74, 6) is -0.00808. The fourth-order valence-electron chi connectivity index (χ4n) is 4.45. The molecule has 3 heterocycles. The topological polar surface area (TPSA) is 84.4 Å². The molecule has 6 rings (SSSR count). The Morgan fingerprint density at radius 3 is 2.76 bits per heavy atom. The van der Waals surface area contributed by atoms with E-state index < -0.39 is 0 Å². The number of pyridine rings is 1. The zero-order valence-electron chi connectivity index (χ0n) is 20.0. The van der Waals surface area contributed by atoms with Crippen LogP contribution in [0.5, 0.6) is 5.75 Å². The van der Waals surface area contributed by atoms with Crippen molar-refractivity contribution in [3.8, 4) is 27.7 Å². The van der Waals surface area contributed by atoms with Crippen LogP contribution in [0.3, 0.4) is 0 Å². The van der Waals surface area contributed by atoms with Crippen molar-refractivity contribution < 1.29 is 14.3 Å². The normalized spacial score (nSPS) is 12.8. The maximum absolute atomic E-state index is 13.1. The van der Waals surface area contributed by atoms with Gasteiger partial charge in [0.2, 0.25) is 5.91 Å². The fourth-order valence-corrected chi connectivity index (χ4v) is 5.37. The van der Waals surface area contributed by atoms with Crippen molar-refractivity contribution in [2.45, 2.75) is 6.92 Å². The summed E-state index contributed by atoms with van der Waals surface area (Å²) < 4.78 is 5.67. The number of thiazole rings is 1. The van der Waals surface area contributed by atoms with Crippen molar-refractivity contribution in [3.05, 3.63) is 89.9 Å². The summed E-state index contributed by atoms with van der Waals surface area (Å²) in [6.45, 7) is 1.76. The molecule has 0 unspecified atom stereocenters. The van der Waals surface area contributed by atoms with Crippen LogP contribution in [0.4, 0.5) is 11.4 Å². The molecule has 0 saturated carbocycles. The monoisotopic (exact) mass is 506 g/mol. The fraction of sp³-hybridized carbons (Fsp3) is 0.103. The number of nitrogens with one attached hydrogen (secondary N) is 1. The number of fused-ring (bicyclic) bond motifs is 2. The first-order valence-corrected chi connectivity index (χ1v) is 12.6. The second kappa shape index (κ2) is 9.48. The molecule has 1 aliphatic rings. The number of amides is 2. The van der Waals surface area contributed by atoms with E-state index in [1.165, 1.54) is 4.90 Å². The van der Waals surface area contributed by atoms with Crippen molar-refractivity contribution >= 4 is 45.3 Å². The van der Waals surface area contributed by atoms with Crippen molar-refractivity contribution in [1.29, 1.82) is 0 Å². The Bertz CT molecular complexity index is 1640. The van der Waals surface area contributed by atoms with Gasteiger partial charge in [-0.1, -0.05) is 42.5 Å². The van der Waals surface area contributed by atoms with Crippen LogP contribution in [0.25, 0.3) is 32.7 Å². The van der Waals surface area contributed by atoms with Crippen LogP contribution in [0.1, 0.15) is 4.88 Å². The van der Waals surface area contributed by atoms with Crippen molar-refractivity contribution in [3.63, 3.8) is 0 Å². The van der Waals surface area contributed by atoms with E-state index in [1.54, 1.807) is 17.5 Å². The van der Waals surface area contributed by atoms with Gasteiger partial charge in [0.05, 0.1) is 17.1 Å². The zero-order chi connectivity index (χ0) is 25.4. The molecule has 0 atom stereocenters. The van der Waals surface area contributed by atoms with E-state index in [0.29, 0.717) is 17.1 Å². The van der Waals surface area contributed by atoms with Gasteiger partial charge in [-0.25, -0.2) is 4.98 Å². The van der Waals surface area contributed by atoms with Gasteiger partial charge in [-0.05, 0) is 48.7 Å². The molecule has 0 bridgehead atoms. The summed E-state index contributed by atoms with van der Waals surface area (Å²) >= 11 is 1.56. The van der Waals surface area contributed by atoms with Crippen LogP contribution in [-0.4, -0.2) is 34.9 Å². The first kappa shape index (κ1) is 22.9. The van der Waals surface area contributed by atoms with E-state index in [-0.39, 0.29) is 25.0 Å². The highest BCUT2D eigenvalue weighted by atomic mass is 32.1. The average Bonchev–Trinajstić information content (AvgIpc) is 3.32. The number of ether oxygens (including phenoxy) is 1. The number of hydrogen-bond donors (Lipinski definition) is 1. The van der Waals surface area contributed by atoms with E-state index in [1.807, 2.05) is 85.8 Å². The van der Waals surface area contributed by atoms with Gasteiger partial charge in [0, 0.05) is 27.7 Å². The standard InChI is InChI=1S/C29H22N4O3S/c1-18-28(32-29(37-18)23-10-4-5-14-30-23)20-12-13-25-24(15-20)33(27(35)17-36-25)16-26(34)31-22-11-6-8-19-7-2-3-9-21(19)22/h2-15H,16-17H2,1H3,(H,31,34). The third-order valence-corrected chi connectivity index (χ3v) is 7.21.